The standard InChI is InChI=1S/C53H30N4O/c1-3-11-31(12-4-1)36-29-35-15-7-8-16-38(35)41(30-36)53-55-51(33-13-5-2-6-14-33)54-52(56-53)34-21-25-37(26-22-34)57-42-19-9-17-39-40-18-10-20-44-48(40)50-45(58-44)28-24-32-23-27-43(57)49(46(32)50)47(39)42/h1-30H. The maximum absolute atomic E-state index is 6.46. The van der Waals surface area contributed by atoms with E-state index in [9.17, 15) is 0 Å². The van der Waals surface area contributed by atoms with Crippen molar-refractivity contribution in [2.45, 2.75) is 0 Å². The van der Waals surface area contributed by atoms with Crippen molar-refractivity contribution in [3.8, 4) is 62.1 Å². The van der Waals surface area contributed by atoms with E-state index >= 15 is 0 Å². The third-order valence-corrected chi connectivity index (χ3v) is 11.9. The second-order valence-electron chi connectivity index (χ2n) is 15.1. The summed E-state index contributed by atoms with van der Waals surface area (Å²) in [5, 5.41) is 9.61. The Bertz CT molecular complexity index is 3660. The van der Waals surface area contributed by atoms with Crippen LogP contribution in [0.25, 0.3) is 127 Å². The molecule has 0 unspecified atom stereocenters. The minimum Gasteiger partial charge on any atom is -0.456 e. The summed E-state index contributed by atoms with van der Waals surface area (Å²) >= 11 is 0. The lowest BCUT2D eigenvalue weighted by Gasteiger charge is -2.13. The Balaban J connectivity index is 1.01. The molecule has 0 aliphatic heterocycles. The van der Waals surface area contributed by atoms with Crippen molar-refractivity contribution in [1.29, 1.82) is 0 Å². The van der Waals surface area contributed by atoms with Gasteiger partial charge in [-0.3, -0.25) is 0 Å². The van der Waals surface area contributed by atoms with Crippen molar-refractivity contribution in [1.82, 2.24) is 19.5 Å². The predicted octanol–water partition coefficient (Wildman–Crippen LogP) is 13.8. The highest BCUT2D eigenvalue weighted by atomic mass is 16.3. The number of nitrogens with zero attached hydrogens (tertiary/aromatic N) is 4. The smallest absolute Gasteiger partial charge is 0.164 e. The van der Waals surface area contributed by atoms with Crippen molar-refractivity contribution >= 4 is 65.3 Å². The van der Waals surface area contributed by atoms with Gasteiger partial charge in [0.1, 0.15) is 11.2 Å². The lowest BCUT2D eigenvalue weighted by Crippen LogP contribution is -2.01. The van der Waals surface area contributed by atoms with E-state index in [1.165, 1.54) is 49.0 Å². The van der Waals surface area contributed by atoms with E-state index in [2.05, 4.69) is 162 Å². The van der Waals surface area contributed by atoms with Crippen LogP contribution >= 0.6 is 0 Å². The largest absolute Gasteiger partial charge is 0.456 e. The van der Waals surface area contributed by atoms with Crippen molar-refractivity contribution in [2.75, 3.05) is 0 Å². The molecule has 0 fully saturated rings. The average Bonchev–Trinajstić information content (AvgIpc) is 3.81. The molecule has 1 aliphatic rings. The molecule has 0 saturated heterocycles. The van der Waals surface area contributed by atoms with E-state index in [1.54, 1.807) is 0 Å². The van der Waals surface area contributed by atoms with Gasteiger partial charge in [0.25, 0.3) is 0 Å². The first kappa shape index (κ1) is 31.3. The highest BCUT2D eigenvalue weighted by molar-refractivity contribution is 6.37. The van der Waals surface area contributed by atoms with Crippen LogP contribution in [0.3, 0.4) is 0 Å². The summed E-state index contributed by atoms with van der Waals surface area (Å²) in [6, 6.07) is 64.2. The van der Waals surface area contributed by atoms with Gasteiger partial charge >= 0.3 is 0 Å². The van der Waals surface area contributed by atoms with Crippen molar-refractivity contribution in [3.05, 3.63) is 182 Å². The van der Waals surface area contributed by atoms with E-state index in [1.807, 2.05) is 24.3 Å². The van der Waals surface area contributed by atoms with E-state index < -0.39 is 0 Å². The first-order valence-electron chi connectivity index (χ1n) is 19.6. The van der Waals surface area contributed by atoms with Gasteiger partial charge in [0.2, 0.25) is 0 Å². The van der Waals surface area contributed by atoms with E-state index in [4.69, 9.17) is 19.4 Å². The van der Waals surface area contributed by atoms with Gasteiger partial charge in [-0.2, -0.15) is 0 Å². The molecule has 0 radical (unpaired) electrons. The van der Waals surface area contributed by atoms with Crippen LogP contribution in [-0.4, -0.2) is 19.5 Å². The van der Waals surface area contributed by atoms with Crippen LogP contribution in [0.5, 0.6) is 0 Å². The highest BCUT2D eigenvalue weighted by Crippen LogP contribution is 2.50. The van der Waals surface area contributed by atoms with E-state index in [0.29, 0.717) is 17.5 Å². The Morgan fingerprint density at radius 2 is 0.983 bits per heavy atom. The van der Waals surface area contributed by atoms with Crippen LogP contribution in [0.15, 0.2) is 186 Å². The minimum absolute atomic E-state index is 0.623. The summed E-state index contributed by atoms with van der Waals surface area (Å²) in [6.07, 6.45) is 0. The number of hydrogen-bond acceptors (Lipinski definition) is 4. The van der Waals surface area contributed by atoms with E-state index in [0.717, 1.165) is 61.0 Å². The molecule has 0 saturated carbocycles. The Labute approximate surface area is 332 Å². The third-order valence-electron chi connectivity index (χ3n) is 11.9. The molecule has 0 spiro atoms. The zero-order valence-electron chi connectivity index (χ0n) is 31.0. The molecule has 13 rings (SSSR count). The van der Waals surface area contributed by atoms with Crippen LogP contribution in [0.2, 0.25) is 0 Å². The monoisotopic (exact) mass is 738 g/mol. The van der Waals surface area contributed by atoms with Crippen molar-refractivity contribution in [2.24, 2.45) is 0 Å². The van der Waals surface area contributed by atoms with E-state index in [-0.39, 0.29) is 0 Å². The maximum atomic E-state index is 6.46. The molecule has 0 amide bonds. The van der Waals surface area contributed by atoms with Gasteiger partial charge in [-0.05, 0) is 99.1 Å². The molecule has 5 heteroatoms. The molecule has 0 atom stereocenters. The van der Waals surface area contributed by atoms with Gasteiger partial charge in [-0.1, -0.05) is 121 Å². The molecule has 1 aliphatic carbocycles. The highest BCUT2D eigenvalue weighted by Gasteiger charge is 2.26. The van der Waals surface area contributed by atoms with Crippen molar-refractivity contribution < 1.29 is 4.42 Å². The molecule has 9 aromatic carbocycles. The second kappa shape index (κ2) is 11.8. The Kier molecular flexibility index (Phi) is 6.38. The first-order valence-corrected chi connectivity index (χ1v) is 19.6. The first-order chi connectivity index (χ1) is 28.7. The van der Waals surface area contributed by atoms with Crippen molar-refractivity contribution in [3.63, 3.8) is 0 Å². The van der Waals surface area contributed by atoms with Crippen LogP contribution < -0.4 is 0 Å². The van der Waals surface area contributed by atoms with Gasteiger partial charge in [-0.15, -0.1) is 0 Å². The summed E-state index contributed by atoms with van der Waals surface area (Å²) in [5.74, 6) is 1.89. The summed E-state index contributed by atoms with van der Waals surface area (Å²) in [7, 11) is 0. The predicted molar refractivity (Wildman–Crippen MR) is 237 cm³/mol. The lowest BCUT2D eigenvalue weighted by atomic mass is 9.96. The molecule has 3 aromatic heterocycles. The minimum atomic E-state index is 0.623. The van der Waals surface area contributed by atoms with Crippen LogP contribution in [0.4, 0.5) is 0 Å². The summed E-state index contributed by atoms with van der Waals surface area (Å²) in [6.45, 7) is 0. The van der Waals surface area contributed by atoms with Crippen LogP contribution in [0, 0.1) is 0 Å². The summed E-state index contributed by atoms with van der Waals surface area (Å²) < 4.78 is 8.86. The second-order valence-corrected chi connectivity index (χ2v) is 15.1. The molecular formula is C53H30N4O. The summed E-state index contributed by atoms with van der Waals surface area (Å²) in [4.78, 5) is 15.5. The number of benzene rings is 9. The van der Waals surface area contributed by atoms with Gasteiger partial charge in [0.05, 0.1) is 11.0 Å². The number of rotatable bonds is 5. The normalized spacial score (nSPS) is 12.1. The molecule has 0 N–H and O–H groups in total. The molecular weight excluding hydrogens is 709 g/mol. The SMILES string of the molecule is c1ccc(-c2cc(-c3nc(-c4ccccc4)nc(-c4ccc(-n5c6cccc7c6c6c8c(ccc9oc%10cccc-7c%10c98)ccc65)cc4)n3)c3ccccc3c2)cc1. The number of fused-ring (bicyclic) bond motifs is 2. The number of hydrogen-bond donors (Lipinski definition) is 0. The topological polar surface area (TPSA) is 56.7 Å². The fourth-order valence-electron chi connectivity index (χ4n) is 9.39. The number of aromatic nitrogens is 4. The zero-order valence-corrected chi connectivity index (χ0v) is 31.0. The van der Waals surface area contributed by atoms with Gasteiger partial charge < -0.3 is 8.98 Å². The quantitative estimate of drug-likeness (QED) is 0.176. The van der Waals surface area contributed by atoms with Gasteiger partial charge in [-0.25, -0.2) is 15.0 Å². The Morgan fingerprint density at radius 1 is 0.345 bits per heavy atom. The lowest BCUT2D eigenvalue weighted by molar-refractivity contribution is 0.669. The molecule has 5 nitrogen and oxygen atoms in total. The van der Waals surface area contributed by atoms with Gasteiger partial charge in [0, 0.05) is 49.3 Å². The van der Waals surface area contributed by atoms with Crippen LogP contribution in [-0.2, 0) is 0 Å². The van der Waals surface area contributed by atoms with Gasteiger partial charge in [0.15, 0.2) is 17.5 Å². The fourth-order valence-corrected chi connectivity index (χ4v) is 9.39. The third kappa shape index (κ3) is 4.44. The Hall–Kier alpha value is -7.89. The fraction of sp³-hybridized carbons (Fsp3) is 0. The Morgan fingerprint density at radius 3 is 1.79 bits per heavy atom. The molecule has 268 valence electrons. The number of furan rings is 1. The maximum Gasteiger partial charge on any atom is 0.164 e. The molecule has 0 bridgehead atoms. The average molecular weight is 739 g/mol. The zero-order chi connectivity index (χ0) is 37.9. The molecule has 3 heterocycles. The molecule has 58 heavy (non-hydrogen) atoms. The van der Waals surface area contributed by atoms with Crippen LogP contribution in [0.1, 0.15) is 0 Å². The summed E-state index contributed by atoms with van der Waals surface area (Å²) in [5.41, 5.74) is 12.8. The molecule has 12 aromatic rings.